The van der Waals surface area contributed by atoms with Gasteiger partial charge in [-0.1, -0.05) is 56.5 Å². The van der Waals surface area contributed by atoms with Gasteiger partial charge in [0.05, 0.1) is 13.5 Å². The number of benzene rings is 1. The molecule has 0 unspecified atom stereocenters. The van der Waals surface area contributed by atoms with Crippen LogP contribution in [0.4, 0.5) is 0 Å². The van der Waals surface area contributed by atoms with Gasteiger partial charge in [0.25, 0.3) is 0 Å². The lowest BCUT2D eigenvalue weighted by molar-refractivity contribution is -0.159. The van der Waals surface area contributed by atoms with Crippen LogP contribution in [-0.4, -0.2) is 48.5 Å². The quantitative estimate of drug-likeness (QED) is 0.532. The number of rotatable bonds is 9. The number of nitrogens with one attached hydrogen (secondary N) is 2. The van der Waals surface area contributed by atoms with Crippen molar-refractivity contribution in [3.05, 3.63) is 35.9 Å². The average molecular weight is 475 g/mol. The van der Waals surface area contributed by atoms with Crippen LogP contribution in [0.15, 0.2) is 30.3 Å². The number of hydrogen-bond donors (Lipinski definition) is 2. The maximum Gasteiger partial charge on any atom is 0.328 e. The summed E-state index contributed by atoms with van der Waals surface area (Å²) in [6.07, 6.45) is 4.44. The molecule has 0 bridgehead atoms. The van der Waals surface area contributed by atoms with Gasteiger partial charge in [-0.25, -0.2) is 4.79 Å². The van der Waals surface area contributed by atoms with E-state index in [0.717, 1.165) is 37.7 Å². The van der Waals surface area contributed by atoms with Crippen molar-refractivity contribution in [1.82, 2.24) is 10.6 Å². The summed E-state index contributed by atoms with van der Waals surface area (Å²) in [5.74, 6) is -2.13. The molecule has 1 fully saturated rings. The largest absolute Gasteiger partial charge is 0.467 e. The van der Waals surface area contributed by atoms with Crippen LogP contribution >= 0.6 is 0 Å². The zero-order valence-corrected chi connectivity index (χ0v) is 20.9. The Hall–Kier alpha value is -2.90. The lowest BCUT2D eigenvalue weighted by Crippen LogP contribution is -2.55. The monoisotopic (exact) mass is 474 g/mol. The Morgan fingerprint density at radius 1 is 0.971 bits per heavy atom. The van der Waals surface area contributed by atoms with Crippen LogP contribution in [0.1, 0.15) is 71.8 Å². The number of amides is 2. The molecule has 1 aromatic carbocycles. The van der Waals surface area contributed by atoms with Gasteiger partial charge in [-0.15, -0.1) is 0 Å². The van der Waals surface area contributed by atoms with Crippen molar-refractivity contribution in [2.45, 2.75) is 90.3 Å². The predicted molar refractivity (Wildman–Crippen MR) is 128 cm³/mol. The molecule has 0 saturated heterocycles. The highest BCUT2D eigenvalue weighted by Crippen LogP contribution is 2.36. The molecule has 1 aliphatic carbocycles. The van der Waals surface area contributed by atoms with Crippen molar-refractivity contribution in [1.29, 1.82) is 0 Å². The average Bonchev–Trinajstić information content (AvgIpc) is 2.77. The third-order valence-electron chi connectivity index (χ3n) is 6.00. The summed E-state index contributed by atoms with van der Waals surface area (Å²) in [7, 11) is 1.18. The highest BCUT2D eigenvalue weighted by molar-refractivity contribution is 5.93. The first kappa shape index (κ1) is 27.3. The summed E-state index contributed by atoms with van der Waals surface area (Å²) in [4.78, 5) is 51.1. The van der Waals surface area contributed by atoms with Crippen LogP contribution in [0.3, 0.4) is 0 Å². The van der Waals surface area contributed by atoms with Gasteiger partial charge in [-0.2, -0.15) is 0 Å². The Labute approximate surface area is 202 Å². The second-order valence-electron chi connectivity index (χ2n) is 10.2. The van der Waals surface area contributed by atoms with Crippen LogP contribution in [0.5, 0.6) is 0 Å². The molecular formula is C26H38N2O6. The Balaban J connectivity index is 2.19. The molecule has 2 rings (SSSR count). The van der Waals surface area contributed by atoms with Crippen LogP contribution in [0.2, 0.25) is 0 Å². The van der Waals surface area contributed by atoms with Crippen molar-refractivity contribution >= 4 is 23.8 Å². The molecule has 1 aliphatic rings. The van der Waals surface area contributed by atoms with E-state index in [0.29, 0.717) is 0 Å². The van der Waals surface area contributed by atoms with Crippen molar-refractivity contribution in [3.63, 3.8) is 0 Å². The Morgan fingerprint density at radius 3 is 2.15 bits per heavy atom. The SMILES string of the molecule is COC(=O)[C@H](CC(=O)OC(C)(C)C)NC(=O)[C@H](Cc1ccccc1)NC(=O)C1(C)CCCCC1. The minimum Gasteiger partial charge on any atom is -0.467 e. The third-order valence-corrected chi connectivity index (χ3v) is 6.00. The number of carbonyl (C=O) groups excluding carboxylic acids is 4. The first-order chi connectivity index (χ1) is 15.9. The summed E-state index contributed by atoms with van der Waals surface area (Å²) < 4.78 is 10.1. The van der Waals surface area contributed by atoms with E-state index in [2.05, 4.69) is 10.6 Å². The van der Waals surface area contributed by atoms with Crippen LogP contribution in [0.25, 0.3) is 0 Å². The van der Waals surface area contributed by atoms with Crippen molar-refractivity contribution < 1.29 is 28.7 Å². The third kappa shape index (κ3) is 8.47. The standard InChI is InChI=1S/C26H38N2O6/c1-25(2,3)34-21(29)17-20(23(31)33-5)27-22(30)19(16-18-12-8-6-9-13-18)28-24(32)26(4)14-10-7-11-15-26/h6,8-9,12-13,19-20H,7,10-11,14-17H2,1-5H3,(H,27,30)(H,28,32)/t19-,20-/m0/s1. The molecule has 1 aromatic rings. The maximum absolute atomic E-state index is 13.3. The number of esters is 2. The van der Waals surface area contributed by atoms with E-state index in [1.807, 2.05) is 37.3 Å². The smallest absolute Gasteiger partial charge is 0.328 e. The molecule has 0 radical (unpaired) electrons. The lowest BCUT2D eigenvalue weighted by atomic mass is 9.75. The Kier molecular flexibility index (Phi) is 9.65. The molecule has 0 heterocycles. The van der Waals surface area contributed by atoms with Gasteiger partial charge in [-0.3, -0.25) is 14.4 Å². The first-order valence-corrected chi connectivity index (χ1v) is 11.9. The van der Waals surface area contributed by atoms with Crippen LogP contribution in [-0.2, 0) is 35.1 Å². The fourth-order valence-corrected chi connectivity index (χ4v) is 4.11. The van der Waals surface area contributed by atoms with E-state index < -0.39 is 40.9 Å². The summed E-state index contributed by atoms with van der Waals surface area (Å²) in [6.45, 7) is 7.08. The normalized spacial score (nSPS) is 17.1. The topological polar surface area (TPSA) is 111 Å². The molecular weight excluding hydrogens is 436 g/mol. The van der Waals surface area contributed by atoms with Gasteiger partial charge in [0.1, 0.15) is 17.7 Å². The molecule has 0 aromatic heterocycles. The first-order valence-electron chi connectivity index (χ1n) is 11.9. The highest BCUT2D eigenvalue weighted by Gasteiger charge is 2.37. The second kappa shape index (κ2) is 12.0. The van der Waals surface area contributed by atoms with Gasteiger partial charge in [0.15, 0.2) is 0 Å². The molecule has 1 saturated carbocycles. The molecule has 0 aliphatic heterocycles. The highest BCUT2D eigenvalue weighted by atomic mass is 16.6. The van der Waals surface area contributed by atoms with E-state index in [4.69, 9.17) is 9.47 Å². The minimum absolute atomic E-state index is 0.176. The lowest BCUT2D eigenvalue weighted by Gasteiger charge is -2.33. The van der Waals surface area contributed by atoms with Crippen LogP contribution in [0, 0.1) is 5.41 Å². The molecule has 2 amide bonds. The molecule has 0 spiro atoms. The zero-order chi connectivity index (χ0) is 25.4. The molecule has 8 heteroatoms. The predicted octanol–water partition coefficient (Wildman–Crippen LogP) is 3.07. The van der Waals surface area contributed by atoms with Crippen molar-refractivity contribution in [3.8, 4) is 0 Å². The van der Waals surface area contributed by atoms with Gasteiger partial charge < -0.3 is 20.1 Å². The molecule has 188 valence electrons. The van der Waals surface area contributed by atoms with Crippen molar-refractivity contribution in [2.75, 3.05) is 7.11 Å². The summed E-state index contributed by atoms with van der Waals surface area (Å²) >= 11 is 0. The number of carbonyl (C=O) groups is 4. The molecule has 8 nitrogen and oxygen atoms in total. The van der Waals surface area contributed by atoms with E-state index in [9.17, 15) is 19.2 Å². The minimum atomic E-state index is -1.23. The van der Waals surface area contributed by atoms with Gasteiger partial charge in [0, 0.05) is 11.8 Å². The van der Waals surface area contributed by atoms with Crippen LogP contribution < -0.4 is 10.6 Å². The van der Waals surface area contributed by atoms with E-state index in [1.165, 1.54) is 7.11 Å². The van der Waals surface area contributed by atoms with E-state index in [1.54, 1.807) is 20.8 Å². The van der Waals surface area contributed by atoms with Gasteiger partial charge in [-0.05, 0) is 39.2 Å². The number of ether oxygens (including phenoxy) is 2. The number of hydrogen-bond acceptors (Lipinski definition) is 6. The van der Waals surface area contributed by atoms with E-state index in [-0.39, 0.29) is 18.7 Å². The van der Waals surface area contributed by atoms with Crippen molar-refractivity contribution in [2.24, 2.45) is 5.41 Å². The Morgan fingerprint density at radius 2 is 1.59 bits per heavy atom. The number of methoxy groups -OCH3 is 1. The maximum atomic E-state index is 13.3. The fraction of sp³-hybridized carbons (Fsp3) is 0.615. The molecule has 2 atom stereocenters. The molecule has 34 heavy (non-hydrogen) atoms. The van der Waals surface area contributed by atoms with Gasteiger partial charge >= 0.3 is 11.9 Å². The summed E-state index contributed by atoms with van der Waals surface area (Å²) in [6, 6.07) is 7.17. The summed E-state index contributed by atoms with van der Waals surface area (Å²) in [5, 5.41) is 5.51. The van der Waals surface area contributed by atoms with E-state index >= 15 is 0 Å². The summed E-state index contributed by atoms with van der Waals surface area (Å²) in [5.41, 5.74) is -0.411. The zero-order valence-electron chi connectivity index (χ0n) is 20.9. The van der Waals surface area contributed by atoms with Gasteiger partial charge in [0.2, 0.25) is 11.8 Å². The fourth-order valence-electron chi connectivity index (χ4n) is 4.11. The second-order valence-corrected chi connectivity index (χ2v) is 10.2. The molecule has 2 N–H and O–H groups in total. The Bertz CT molecular complexity index is 856.